The molecule has 8 heteroatoms. The molecule has 0 aliphatic carbocycles. The topological polar surface area (TPSA) is 88.2 Å². The third kappa shape index (κ3) is 6.30. The first-order valence-electron chi connectivity index (χ1n) is 9.01. The number of pyridine rings is 1. The SMILES string of the molecule is O=C(CCCc1ccc(Cl)cc1)Nc1ccc(S(=O)(=O)Nc2ccccn2)cc1. The molecule has 0 saturated carbocycles. The zero-order valence-corrected chi connectivity index (χ0v) is 17.1. The van der Waals surface area contributed by atoms with Gasteiger partial charge in [0.25, 0.3) is 10.0 Å². The first-order chi connectivity index (χ1) is 13.9. The highest BCUT2D eigenvalue weighted by molar-refractivity contribution is 7.92. The van der Waals surface area contributed by atoms with E-state index in [9.17, 15) is 13.2 Å². The molecule has 1 amide bonds. The summed E-state index contributed by atoms with van der Waals surface area (Å²) in [5, 5.41) is 3.47. The van der Waals surface area contributed by atoms with E-state index in [1.807, 2.05) is 24.3 Å². The lowest BCUT2D eigenvalue weighted by Gasteiger charge is -2.09. The zero-order chi connectivity index (χ0) is 20.7. The van der Waals surface area contributed by atoms with Gasteiger partial charge >= 0.3 is 0 Å². The lowest BCUT2D eigenvalue weighted by Crippen LogP contribution is -2.14. The van der Waals surface area contributed by atoms with Crippen LogP contribution in [0.15, 0.2) is 77.8 Å². The molecule has 0 spiro atoms. The fourth-order valence-corrected chi connectivity index (χ4v) is 3.80. The van der Waals surface area contributed by atoms with E-state index < -0.39 is 10.0 Å². The number of carbonyl (C=O) groups is 1. The van der Waals surface area contributed by atoms with Gasteiger partial charge in [-0.15, -0.1) is 0 Å². The first kappa shape index (κ1) is 20.8. The number of aryl methyl sites for hydroxylation is 1. The number of amides is 1. The van der Waals surface area contributed by atoms with Gasteiger partial charge in [0.05, 0.1) is 4.90 Å². The smallest absolute Gasteiger partial charge is 0.263 e. The normalized spacial score (nSPS) is 11.1. The molecule has 2 aromatic carbocycles. The molecule has 150 valence electrons. The van der Waals surface area contributed by atoms with Crippen molar-refractivity contribution in [2.24, 2.45) is 0 Å². The van der Waals surface area contributed by atoms with Gasteiger partial charge in [0.2, 0.25) is 5.91 Å². The largest absolute Gasteiger partial charge is 0.326 e. The summed E-state index contributed by atoms with van der Waals surface area (Å²) in [6, 6.07) is 18.5. The summed E-state index contributed by atoms with van der Waals surface area (Å²) in [7, 11) is -3.74. The Labute approximate surface area is 175 Å². The van der Waals surface area contributed by atoms with Crippen LogP contribution in [0.4, 0.5) is 11.5 Å². The van der Waals surface area contributed by atoms with E-state index in [4.69, 9.17) is 11.6 Å². The van der Waals surface area contributed by atoms with Gasteiger partial charge in [0.1, 0.15) is 5.82 Å². The van der Waals surface area contributed by atoms with E-state index in [1.165, 1.54) is 18.3 Å². The highest BCUT2D eigenvalue weighted by atomic mass is 35.5. The van der Waals surface area contributed by atoms with Crippen molar-refractivity contribution in [2.45, 2.75) is 24.2 Å². The number of benzene rings is 2. The maximum atomic E-state index is 12.4. The Kier molecular flexibility index (Phi) is 6.85. The van der Waals surface area contributed by atoms with Gasteiger partial charge in [0.15, 0.2) is 0 Å². The molecular formula is C21H20ClN3O3S. The van der Waals surface area contributed by atoms with Crippen LogP contribution < -0.4 is 10.0 Å². The average molecular weight is 430 g/mol. The predicted molar refractivity (Wildman–Crippen MR) is 115 cm³/mol. The third-order valence-electron chi connectivity index (χ3n) is 4.13. The number of rotatable bonds is 8. The van der Waals surface area contributed by atoms with E-state index in [-0.39, 0.29) is 16.6 Å². The standard InChI is InChI=1S/C21H20ClN3O3S/c22-17-9-7-16(8-10-17)4-3-6-21(26)24-18-11-13-19(14-12-18)29(27,28)25-20-5-1-2-15-23-20/h1-2,5,7-15H,3-4,6H2,(H,23,25)(H,24,26). The molecule has 3 aromatic rings. The van der Waals surface area contributed by atoms with Crippen LogP contribution in [0.2, 0.25) is 5.02 Å². The van der Waals surface area contributed by atoms with Crippen LogP contribution in [0.25, 0.3) is 0 Å². The summed E-state index contributed by atoms with van der Waals surface area (Å²) in [5.74, 6) is 0.117. The van der Waals surface area contributed by atoms with Crippen LogP contribution in [0.1, 0.15) is 18.4 Å². The maximum absolute atomic E-state index is 12.4. The highest BCUT2D eigenvalue weighted by Crippen LogP contribution is 2.18. The van der Waals surface area contributed by atoms with E-state index in [0.29, 0.717) is 23.6 Å². The van der Waals surface area contributed by atoms with Crippen molar-refractivity contribution in [3.63, 3.8) is 0 Å². The quantitative estimate of drug-likeness (QED) is 0.551. The number of sulfonamides is 1. The van der Waals surface area contributed by atoms with Crippen molar-refractivity contribution >= 4 is 39.0 Å². The molecule has 3 rings (SSSR count). The summed E-state index contributed by atoms with van der Waals surface area (Å²) in [5.41, 5.74) is 1.66. The van der Waals surface area contributed by atoms with Gasteiger partial charge in [0, 0.05) is 23.3 Å². The Morgan fingerprint density at radius 1 is 0.966 bits per heavy atom. The molecule has 0 saturated heterocycles. The molecule has 1 aromatic heterocycles. The molecule has 0 radical (unpaired) electrons. The van der Waals surface area contributed by atoms with Crippen LogP contribution in [0, 0.1) is 0 Å². The van der Waals surface area contributed by atoms with Crippen LogP contribution in [0.3, 0.4) is 0 Å². The molecule has 0 bridgehead atoms. The van der Waals surface area contributed by atoms with E-state index in [0.717, 1.165) is 12.0 Å². The van der Waals surface area contributed by atoms with Crippen LogP contribution in [0.5, 0.6) is 0 Å². The van der Waals surface area contributed by atoms with Gasteiger partial charge in [-0.1, -0.05) is 29.8 Å². The highest BCUT2D eigenvalue weighted by Gasteiger charge is 2.14. The Bertz CT molecular complexity index is 1050. The molecule has 0 aliphatic rings. The summed E-state index contributed by atoms with van der Waals surface area (Å²) in [6.07, 6.45) is 3.35. The minimum absolute atomic E-state index is 0.0869. The van der Waals surface area contributed by atoms with Crippen molar-refractivity contribution in [2.75, 3.05) is 10.0 Å². The zero-order valence-electron chi connectivity index (χ0n) is 15.5. The third-order valence-corrected chi connectivity index (χ3v) is 5.76. The second-order valence-electron chi connectivity index (χ2n) is 6.37. The van der Waals surface area contributed by atoms with Crippen molar-refractivity contribution in [3.8, 4) is 0 Å². The summed E-state index contributed by atoms with van der Waals surface area (Å²) in [4.78, 5) is 16.1. The van der Waals surface area contributed by atoms with Crippen molar-refractivity contribution in [1.82, 2.24) is 4.98 Å². The molecule has 0 aliphatic heterocycles. The van der Waals surface area contributed by atoms with Crippen molar-refractivity contribution in [1.29, 1.82) is 0 Å². The van der Waals surface area contributed by atoms with Gasteiger partial charge in [-0.3, -0.25) is 9.52 Å². The number of hydrogen-bond acceptors (Lipinski definition) is 4. The van der Waals surface area contributed by atoms with Crippen LogP contribution in [-0.2, 0) is 21.2 Å². The van der Waals surface area contributed by atoms with Crippen molar-refractivity contribution in [3.05, 3.63) is 83.5 Å². The fraction of sp³-hybridized carbons (Fsp3) is 0.143. The molecule has 0 atom stereocenters. The number of anilines is 2. The summed E-state index contributed by atoms with van der Waals surface area (Å²) in [6.45, 7) is 0. The lowest BCUT2D eigenvalue weighted by atomic mass is 10.1. The average Bonchev–Trinajstić information content (AvgIpc) is 2.70. The minimum atomic E-state index is -3.74. The molecule has 0 unspecified atom stereocenters. The lowest BCUT2D eigenvalue weighted by molar-refractivity contribution is -0.116. The number of aromatic nitrogens is 1. The number of nitrogens with one attached hydrogen (secondary N) is 2. The van der Waals surface area contributed by atoms with Crippen LogP contribution >= 0.6 is 11.6 Å². The predicted octanol–water partition coefficient (Wildman–Crippen LogP) is 4.50. The first-order valence-corrected chi connectivity index (χ1v) is 10.9. The number of carbonyl (C=O) groups excluding carboxylic acids is 1. The van der Waals surface area contributed by atoms with Gasteiger partial charge in [-0.2, -0.15) is 0 Å². The fourth-order valence-electron chi connectivity index (χ4n) is 2.66. The molecule has 29 heavy (non-hydrogen) atoms. The maximum Gasteiger partial charge on any atom is 0.263 e. The van der Waals surface area contributed by atoms with Gasteiger partial charge < -0.3 is 5.32 Å². The van der Waals surface area contributed by atoms with Gasteiger partial charge in [-0.25, -0.2) is 13.4 Å². The second kappa shape index (κ2) is 9.54. The summed E-state index contributed by atoms with van der Waals surface area (Å²) < 4.78 is 27.2. The molecule has 6 nitrogen and oxygen atoms in total. The minimum Gasteiger partial charge on any atom is -0.326 e. The van der Waals surface area contributed by atoms with E-state index in [1.54, 1.807) is 30.3 Å². The molecule has 2 N–H and O–H groups in total. The van der Waals surface area contributed by atoms with Gasteiger partial charge in [-0.05, 0) is 66.9 Å². The Morgan fingerprint density at radius 3 is 2.34 bits per heavy atom. The molecule has 0 fully saturated rings. The molecule has 1 heterocycles. The Morgan fingerprint density at radius 2 is 1.69 bits per heavy atom. The summed E-state index contributed by atoms with van der Waals surface area (Å²) >= 11 is 5.86. The molecular weight excluding hydrogens is 410 g/mol. The number of hydrogen-bond donors (Lipinski definition) is 2. The second-order valence-corrected chi connectivity index (χ2v) is 8.49. The number of halogens is 1. The van der Waals surface area contributed by atoms with Crippen LogP contribution in [-0.4, -0.2) is 19.3 Å². The Balaban J connectivity index is 1.51. The Hall–Kier alpha value is -2.90. The van der Waals surface area contributed by atoms with E-state index in [2.05, 4.69) is 15.0 Å². The van der Waals surface area contributed by atoms with E-state index >= 15 is 0 Å². The monoisotopic (exact) mass is 429 g/mol. The van der Waals surface area contributed by atoms with Crippen molar-refractivity contribution < 1.29 is 13.2 Å². The number of nitrogens with zero attached hydrogens (tertiary/aromatic N) is 1.